The summed E-state index contributed by atoms with van der Waals surface area (Å²) in [7, 11) is 0. The second kappa shape index (κ2) is 14.7. The summed E-state index contributed by atoms with van der Waals surface area (Å²) < 4.78 is 0. The lowest BCUT2D eigenvalue weighted by Crippen LogP contribution is -2.56. The van der Waals surface area contributed by atoms with Crippen molar-refractivity contribution in [3.63, 3.8) is 0 Å². The van der Waals surface area contributed by atoms with Gasteiger partial charge in [0.05, 0.1) is 10.0 Å². The predicted molar refractivity (Wildman–Crippen MR) is 162 cm³/mol. The van der Waals surface area contributed by atoms with Crippen molar-refractivity contribution >= 4 is 58.5 Å². The fourth-order valence-corrected chi connectivity index (χ4v) is 5.11. The molecule has 0 saturated carbocycles. The van der Waals surface area contributed by atoms with Gasteiger partial charge in [0.25, 0.3) is 0 Å². The third-order valence-corrected chi connectivity index (χ3v) is 7.80. The van der Waals surface area contributed by atoms with Gasteiger partial charge in [-0.1, -0.05) is 77.8 Å². The molecule has 4 amide bonds. The van der Waals surface area contributed by atoms with E-state index in [2.05, 4.69) is 16.0 Å². The Kier molecular flexibility index (Phi) is 10.7. The highest BCUT2D eigenvalue weighted by Crippen LogP contribution is 2.26. The lowest BCUT2D eigenvalue weighted by atomic mass is 9.92. The van der Waals surface area contributed by atoms with E-state index in [0.717, 1.165) is 11.1 Å². The van der Waals surface area contributed by atoms with E-state index in [1.165, 1.54) is 23.1 Å². The summed E-state index contributed by atoms with van der Waals surface area (Å²) in [6.45, 7) is 0.0418. The highest BCUT2D eigenvalue weighted by molar-refractivity contribution is 6.42. The quantitative estimate of drug-likeness (QED) is 0.228. The summed E-state index contributed by atoms with van der Waals surface area (Å²) in [6, 6.07) is 18.5. The molecule has 4 N–H and O–H groups in total. The number of carbonyl (C=O) groups is 5. The Morgan fingerprint density at radius 3 is 2.28 bits per heavy atom. The van der Waals surface area contributed by atoms with Crippen LogP contribution in [-0.4, -0.2) is 58.2 Å². The third-order valence-electron chi connectivity index (χ3n) is 7.06. The molecule has 1 aliphatic heterocycles. The topological polar surface area (TPSA) is 145 Å². The molecule has 3 aromatic carbocycles. The lowest BCUT2D eigenvalue weighted by molar-refractivity contribution is -0.142. The number of hydrogen-bond donors (Lipinski definition) is 4. The zero-order valence-electron chi connectivity index (χ0n) is 23.0. The minimum absolute atomic E-state index is 0.0229. The molecule has 0 saturated heterocycles. The fourth-order valence-electron chi connectivity index (χ4n) is 4.82. The highest BCUT2D eigenvalue weighted by Gasteiger charge is 2.36. The molecule has 43 heavy (non-hydrogen) atoms. The Balaban J connectivity index is 1.51. The predicted octanol–water partition coefficient (Wildman–Crippen LogP) is 4.69. The summed E-state index contributed by atoms with van der Waals surface area (Å²) in [5.41, 5.74) is 2.60. The molecule has 0 fully saturated rings. The van der Waals surface area contributed by atoms with E-state index in [0.29, 0.717) is 16.3 Å². The van der Waals surface area contributed by atoms with Gasteiger partial charge >= 0.3 is 6.09 Å². The number of nitrogens with zero attached hydrogens (tertiary/aromatic N) is 1. The number of nitrogens with one attached hydrogen (secondary N) is 3. The van der Waals surface area contributed by atoms with Gasteiger partial charge in [-0.2, -0.15) is 0 Å². The van der Waals surface area contributed by atoms with Crippen LogP contribution < -0.4 is 16.0 Å². The second-order valence-corrected chi connectivity index (χ2v) is 10.8. The van der Waals surface area contributed by atoms with Crippen molar-refractivity contribution in [1.29, 1.82) is 0 Å². The van der Waals surface area contributed by atoms with Crippen LogP contribution in [0.1, 0.15) is 40.7 Å². The number of anilines is 1. The van der Waals surface area contributed by atoms with Gasteiger partial charge in [-0.05, 0) is 35.7 Å². The first-order valence-electron chi connectivity index (χ1n) is 13.6. The molecule has 0 spiro atoms. The molecule has 0 aliphatic carbocycles. The van der Waals surface area contributed by atoms with Crippen molar-refractivity contribution in [2.45, 2.75) is 44.3 Å². The largest absolute Gasteiger partial charge is 0.465 e. The van der Waals surface area contributed by atoms with Crippen molar-refractivity contribution in [3.8, 4) is 0 Å². The lowest BCUT2D eigenvalue weighted by Gasteiger charge is -2.36. The van der Waals surface area contributed by atoms with Crippen LogP contribution in [0.2, 0.25) is 10.0 Å². The first-order chi connectivity index (χ1) is 20.6. The van der Waals surface area contributed by atoms with Gasteiger partial charge in [0.2, 0.25) is 17.7 Å². The van der Waals surface area contributed by atoms with E-state index in [9.17, 15) is 24.0 Å². The first kappa shape index (κ1) is 31.5. The van der Waals surface area contributed by atoms with E-state index in [1.807, 2.05) is 24.3 Å². The standard InChI is InChI=1S/C31H30Cl2N4O6/c32-23-11-10-22(17-24(23)33)35-29(40)25(14-15-34-31(42)43)36-30(41)26-16-20-8-4-5-9-21(20)18-37(26)28(39)13-12-27(38)19-6-2-1-3-7-19/h1-11,17,25-26,34H,12-16,18H2,(H,35,40)(H,36,41)(H,42,43). The van der Waals surface area contributed by atoms with E-state index >= 15 is 0 Å². The summed E-state index contributed by atoms with van der Waals surface area (Å²) in [6.07, 6.45) is -1.25. The number of benzene rings is 3. The number of ketones is 1. The van der Waals surface area contributed by atoms with Gasteiger partial charge < -0.3 is 26.0 Å². The smallest absolute Gasteiger partial charge is 0.404 e. The fraction of sp³-hybridized carbons (Fsp3) is 0.258. The molecule has 1 heterocycles. The second-order valence-electron chi connectivity index (χ2n) is 10.00. The molecule has 4 rings (SSSR count). The normalized spacial score (nSPS) is 14.7. The van der Waals surface area contributed by atoms with Crippen molar-refractivity contribution in [3.05, 3.63) is 99.5 Å². The average molecular weight is 626 g/mol. The molecule has 10 nitrogen and oxygen atoms in total. The number of fused-ring (bicyclic) bond motifs is 1. The molecule has 2 unspecified atom stereocenters. The molecule has 0 bridgehead atoms. The van der Waals surface area contributed by atoms with Crippen LogP contribution >= 0.6 is 23.2 Å². The zero-order chi connectivity index (χ0) is 30.9. The number of Topliss-reactive ketones (excluding diaryl/α,β-unsaturated/α-hetero) is 1. The Labute approximate surface area is 258 Å². The van der Waals surface area contributed by atoms with Crippen molar-refractivity contribution in [2.24, 2.45) is 0 Å². The Morgan fingerprint density at radius 1 is 0.884 bits per heavy atom. The van der Waals surface area contributed by atoms with E-state index in [-0.39, 0.29) is 55.5 Å². The zero-order valence-corrected chi connectivity index (χ0v) is 24.5. The summed E-state index contributed by atoms with van der Waals surface area (Å²) in [5, 5.41) is 17.1. The molecule has 3 aromatic rings. The van der Waals surface area contributed by atoms with E-state index in [4.69, 9.17) is 28.3 Å². The van der Waals surface area contributed by atoms with Gasteiger partial charge in [0, 0.05) is 43.6 Å². The van der Waals surface area contributed by atoms with Gasteiger partial charge in [-0.15, -0.1) is 0 Å². The maximum absolute atomic E-state index is 13.7. The minimum Gasteiger partial charge on any atom is -0.465 e. The van der Waals surface area contributed by atoms with Gasteiger partial charge in [-0.25, -0.2) is 4.79 Å². The molecule has 1 aliphatic rings. The minimum atomic E-state index is -1.28. The van der Waals surface area contributed by atoms with Crippen molar-refractivity contribution in [2.75, 3.05) is 11.9 Å². The molecule has 12 heteroatoms. The number of carboxylic acid groups (broad SMARTS) is 1. The SMILES string of the molecule is O=C(O)NCCC(NC(=O)C1Cc2ccccc2CN1C(=O)CCC(=O)c1ccccc1)C(=O)Nc1ccc(Cl)c(Cl)c1. The number of halogens is 2. The summed E-state index contributed by atoms with van der Waals surface area (Å²) in [5.74, 6) is -1.75. The van der Waals surface area contributed by atoms with E-state index in [1.54, 1.807) is 30.3 Å². The number of carbonyl (C=O) groups excluding carboxylic acids is 4. The van der Waals surface area contributed by atoms with Crippen LogP contribution in [0.4, 0.5) is 10.5 Å². The van der Waals surface area contributed by atoms with Crippen LogP contribution in [0, 0.1) is 0 Å². The van der Waals surface area contributed by atoms with E-state index < -0.39 is 30.0 Å². The Morgan fingerprint density at radius 2 is 1.58 bits per heavy atom. The van der Waals surface area contributed by atoms with Crippen LogP contribution in [0.3, 0.4) is 0 Å². The molecular formula is C31H30Cl2N4O6. The Hall–Kier alpha value is -4.41. The monoisotopic (exact) mass is 624 g/mol. The molecular weight excluding hydrogens is 595 g/mol. The van der Waals surface area contributed by atoms with Gasteiger partial charge in [-0.3, -0.25) is 19.2 Å². The van der Waals surface area contributed by atoms with Crippen LogP contribution in [0.15, 0.2) is 72.8 Å². The number of hydrogen-bond acceptors (Lipinski definition) is 5. The molecule has 0 aromatic heterocycles. The summed E-state index contributed by atoms with van der Waals surface area (Å²) in [4.78, 5) is 65.5. The maximum Gasteiger partial charge on any atom is 0.404 e. The Bertz CT molecular complexity index is 1520. The third kappa shape index (κ3) is 8.56. The summed E-state index contributed by atoms with van der Waals surface area (Å²) >= 11 is 12.0. The number of rotatable bonds is 11. The first-order valence-corrected chi connectivity index (χ1v) is 14.4. The van der Waals surface area contributed by atoms with Gasteiger partial charge in [0.1, 0.15) is 12.1 Å². The van der Waals surface area contributed by atoms with Crippen LogP contribution in [0.5, 0.6) is 0 Å². The highest BCUT2D eigenvalue weighted by atomic mass is 35.5. The van der Waals surface area contributed by atoms with Crippen LogP contribution in [0.25, 0.3) is 0 Å². The average Bonchev–Trinajstić information content (AvgIpc) is 3.00. The van der Waals surface area contributed by atoms with Crippen molar-refractivity contribution in [1.82, 2.24) is 15.5 Å². The number of amides is 4. The van der Waals surface area contributed by atoms with Gasteiger partial charge in [0.15, 0.2) is 5.78 Å². The molecule has 0 radical (unpaired) electrons. The van der Waals surface area contributed by atoms with Crippen LogP contribution in [-0.2, 0) is 27.3 Å². The maximum atomic E-state index is 13.7. The molecule has 2 atom stereocenters. The molecule has 224 valence electrons. The van der Waals surface area contributed by atoms with Crippen molar-refractivity contribution < 1.29 is 29.1 Å².